The van der Waals surface area contributed by atoms with Gasteiger partial charge < -0.3 is 15.5 Å². The van der Waals surface area contributed by atoms with Crippen molar-refractivity contribution in [1.29, 1.82) is 5.26 Å². The van der Waals surface area contributed by atoms with Gasteiger partial charge in [-0.3, -0.25) is 0 Å². The van der Waals surface area contributed by atoms with E-state index in [2.05, 4.69) is 21.8 Å². The Labute approximate surface area is 101 Å². The number of likely N-dealkylation sites (N-methyl/N-ethyl adjacent to an activating group) is 1. The Morgan fingerprint density at radius 1 is 1.53 bits per heavy atom. The van der Waals surface area contributed by atoms with E-state index in [4.69, 9.17) is 11.0 Å². The maximum absolute atomic E-state index is 8.72. The third-order valence-corrected chi connectivity index (χ3v) is 3.15. The normalized spacial score (nSPS) is 21.2. The van der Waals surface area contributed by atoms with Crippen LogP contribution < -0.4 is 10.6 Å². The fourth-order valence-corrected chi connectivity index (χ4v) is 2.17. The number of pyridine rings is 1. The van der Waals surface area contributed by atoms with Gasteiger partial charge in [-0.15, -0.1) is 0 Å². The first-order chi connectivity index (χ1) is 8.24. The fourth-order valence-electron chi connectivity index (χ4n) is 2.17. The number of hydrogen-bond acceptors (Lipinski definition) is 5. The summed E-state index contributed by atoms with van der Waals surface area (Å²) in [5.41, 5.74) is 7.31. The highest BCUT2D eigenvalue weighted by atomic mass is 15.3. The van der Waals surface area contributed by atoms with E-state index >= 15 is 0 Å². The summed E-state index contributed by atoms with van der Waals surface area (Å²) in [5.74, 6) is 0. The number of aromatic nitrogens is 1. The lowest BCUT2D eigenvalue weighted by Gasteiger charge is -2.40. The van der Waals surface area contributed by atoms with Crippen LogP contribution in [0.3, 0.4) is 0 Å². The molecular formula is C12H17N5. The van der Waals surface area contributed by atoms with Crippen molar-refractivity contribution >= 4 is 5.69 Å². The summed E-state index contributed by atoms with van der Waals surface area (Å²) in [7, 11) is 2.11. The first-order valence-corrected chi connectivity index (χ1v) is 5.76. The number of anilines is 1. The Bertz CT molecular complexity index is 408. The highest BCUT2D eigenvalue weighted by Crippen LogP contribution is 2.18. The van der Waals surface area contributed by atoms with Crippen LogP contribution >= 0.6 is 0 Å². The van der Waals surface area contributed by atoms with Crippen molar-refractivity contribution in [3.63, 3.8) is 0 Å². The maximum Gasteiger partial charge on any atom is 0.140 e. The second-order valence-corrected chi connectivity index (χ2v) is 4.36. The average Bonchev–Trinajstić information content (AvgIpc) is 2.39. The number of hydrogen-bond donors (Lipinski definition) is 1. The second-order valence-electron chi connectivity index (χ2n) is 4.36. The monoisotopic (exact) mass is 231 g/mol. The van der Waals surface area contributed by atoms with E-state index in [-0.39, 0.29) is 0 Å². The van der Waals surface area contributed by atoms with Gasteiger partial charge in [-0.2, -0.15) is 5.26 Å². The zero-order valence-corrected chi connectivity index (χ0v) is 10.0. The molecule has 1 fully saturated rings. The summed E-state index contributed by atoms with van der Waals surface area (Å²) in [6.45, 7) is 3.57. The largest absolute Gasteiger partial charge is 0.363 e. The van der Waals surface area contributed by atoms with Crippen LogP contribution in [0.5, 0.6) is 0 Å². The van der Waals surface area contributed by atoms with Crippen molar-refractivity contribution in [2.45, 2.75) is 6.04 Å². The quantitative estimate of drug-likeness (QED) is 0.778. The van der Waals surface area contributed by atoms with Crippen LogP contribution in [0.4, 0.5) is 5.69 Å². The van der Waals surface area contributed by atoms with E-state index in [1.165, 1.54) is 0 Å². The molecule has 1 atom stereocenters. The summed E-state index contributed by atoms with van der Waals surface area (Å²) in [4.78, 5) is 8.66. The van der Waals surface area contributed by atoms with E-state index in [1.54, 1.807) is 12.3 Å². The van der Waals surface area contributed by atoms with Crippen LogP contribution in [-0.2, 0) is 0 Å². The lowest BCUT2D eigenvalue weighted by atomic mass is 10.1. The van der Waals surface area contributed by atoms with Crippen LogP contribution in [0.1, 0.15) is 5.69 Å². The zero-order valence-electron chi connectivity index (χ0n) is 10.0. The summed E-state index contributed by atoms with van der Waals surface area (Å²) in [6.07, 6.45) is 1.76. The molecule has 2 N–H and O–H groups in total. The minimum Gasteiger partial charge on any atom is -0.363 e. The molecule has 5 heteroatoms. The molecule has 2 rings (SSSR count). The number of rotatable bonds is 2. The van der Waals surface area contributed by atoms with E-state index in [1.807, 2.05) is 12.1 Å². The van der Waals surface area contributed by atoms with Gasteiger partial charge in [-0.05, 0) is 19.2 Å². The lowest BCUT2D eigenvalue weighted by molar-refractivity contribution is 0.269. The molecule has 2 heterocycles. The van der Waals surface area contributed by atoms with Gasteiger partial charge in [-0.25, -0.2) is 4.98 Å². The minimum absolute atomic E-state index is 0.323. The SMILES string of the molecule is CN1CCN(c2ccc(C#N)nc2)C(CN)C1. The predicted octanol–water partition coefficient (Wildman–Crippen LogP) is 0.0324. The highest BCUT2D eigenvalue weighted by Gasteiger charge is 2.24. The number of nitrogens with two attached hydrogens (primary N) is 1. The predicted molar refractivity (Wildman–Crippen MR) is 66.6 cm³/mol. The first-order valence-electron chi connectivity index (χ1n) is 5.76. The van der Waals surface area contributed by atoms with Gasteiger partial charge in [0.05, 0.1) is 17.9 Å². The fraction of sp³-hybridized carbons (Fsp3) is 0.500. The van der Waals surface area contributed by atoms with Crippen LogP contribution in [0.2, 0.25) is 0 Å². The highest BCUT2D eigenvalue weighted by molar-refractivity contribution is 5.47. The van der Waals surface area contributed by atoms with Crippen LogP contribution in [0.25, 0.3) is 0 Å². The van der Waals surface area contributed by atoms with Crippen molar-refractivity contribution in [2.75, 3.05) is 38.1 Å². The molecule has 0 aromatic carbocycles. The van der Waals surface area contributed by atoms with Gasteiger partial charge in [0.2, 0.25) is 0 Å². The van der Waals surface area contributed by atoms with Crippen LogP contribution in [0.15, 0.2) is 18.3 Å². The van der Waals surface area contributed by atoms with Gasteiger partial charge >= 0.3 is 0 Å². The van der Waals surface area contributed by atoms with Crippen LogP contribution in [-0.4, -0.2) is 49.2 Å². The lowest BCUT2D eigenvalue weighted by Crippen LogP contribution is -2.55. The number of piperazine rings is 1. The van der Waals surface area contributed by atoms with Crippen molar-refractivity contribution in [3.05, 3.63) is 24.0 Å². The Hall–Kier alpha value is -1.64. The molecule has 0 saturated carbocycles. The van der Waals surface area contributed by atoms with Crippen molar-refractivity contribution in [1.82, 2.24) is 9.88 Å². The molecule has 1 aliphatic rings. The summed E-state index contributed by atoms with van der Waals surface area (Å²) >= 11 is 0. The topological polar surface area (TPSA) is 69.2 Å². The first kappa shape index (κ1) is 11.8. The van der Waals surface area contributed by atoms with E-state index in [0.29, 0.717) is 18.3 Å². The van der Waals surface area contributed by atoms with E-state index < -0.39 is 0 Å². The summed E-state index contributed by atoms with van der Waals surface area (Å²) in [5, 5.41) is 8.72. The average molecular weight is 231 g/mol. The smallest absolute Gasteiger partial charge is 0.140 e. The van der Waals surface area contributed by atoms with Crippen molar-refractivity contribution in [2.24, 2.45) is 5.73 Å². The third kappa shape index (κ3) is 2.54. The molecule has 0 bridgehead atoms. The molecule has 0 radical (unpaired) electrons. The maximum atomic E-state index is 8.72. The van der Waals surface area contributed by atoms with Crippen LogP contribution in [0, 0.1) is 11.3 Å². The Morgan fingerprint density at radius 2 is 2.35 bits per heavy atom. The second kappa shape index (κ2) is 5.13. The number of nitrogens with zero attached hydrogens (tertiary/aromatic N) is 4. The zero-order chi connectivity index (χ0) is 12.3. The third-order valence-electron chi connectivity index (χ3n) is 3.15. The molecule has 1 aromatic rings. The molecule has 1 unspecified atom stereocenters. The molecule has 0 spiro atoms. The number of nitriles is 1. The minimum atomic E-state index is 0.323. The van der Waals surface area contributed by atoms with Gasteiger partial charge in [-0.1, -0.05) is 0 Å². The Morgan fingerprint density at radius 3 is 2.94 bits per heavy atom. The molecule has 1 saturated heterocycles. The molecular weight excluding hydrogens is 214 g/mol. The van der Waals surface area contributed by atoms with Crippen molar-refractivity contribution in [3.8, 4) is 6.07 Å². The van der Waals surface area contributed by atoms with Gasteiger partial charge in [0.1, 0.15) is 11.8 Å². The molecule has 0 aliphatic carbocycles. The Kier molecular flexibility index (Phi) is 3.57. The molecule has 1 aromatic heterocycles. The van der Waals surface area contributed by atoms with E-state index in [0.717, 1.165) is 25.3 Å². The molecule has 5 nitrogen and oxygen atoms in total. The standard InChI is InChI=1S/C12H17N5/c1-16-4-5-17(12(7-14)9-16)11-3-2-10(6-13)15-8-11/h2-3,8,12H,4-5,7,9,14H2,1H3. The van der Waals surface area contributed by atoms with Gasteiger partial charge in [0, 0.05) is 26.2 Å². The summed E-state index contributed by atoms with van der Waals surface area (Å²) < 4.78 is 0. The van der Waals surface area contributed by atoms with Crippen molar-refractivity contribution < 1.29 is 0 Å². The van der Waals surface area contributed by atoms with E-state index in [9.17, 15) is 0 Å². The molecule has 17 heavy (non-hydrogen) atoms. The summed E-state index contributed by atoms with van der Waals surface area (Å²) in [6, 6.07) is 6.04. The molecule has 0 amide bonds. The Balaban J connectivity index is 2.17. The van der Waals surface area contributed by atoms with Gasteiger partial charge in [0.15, 0.2) is 0 Å². The van der Waals surface area contributed by atoms with Gasteiger partial charge in [0.25, 0.3) is 0 Å². The molecule has 1 aliphatic heterocycles. The molecule has 90 valence electrons.